The van der Waals surface area contributed by atoms with E-state index in [2.05, 4.69) is 45.2 Å². The summed E-state index contributed by atoms with van der Waals surface area (Å²) < 4.78 is 5.73. The van der Waals surface area contributed by atoms with Crippen LogP contribution in [0.2, 0.25) is 0 Å². The number of ether oxygens (including phenoxy) is 1. The van der Waals surface area contributed by atoms with Gasteiger partial charge in [0.1, 0.15) is 12.6 Å². The van der Waals surface area contributed by atoms with Crippen molar-refractivity contribution < 1.29 is 14.3 Å². The highest BCUT2D eigenvalue weighted by atomic mass is 16.5. The normalized spacial score (nSPS) is 16.8. The smallest absolute Gasteiger partial charge is 0.407 e. The Morgan fingerprint density at radius 2 is 1.61 bits per heavy atom. The van der Waals surface area contributed by atoms with Crippen LogP contribution in [0.4, 0.5) is 4.79 Å². The van der Waals surface area contributed by atoms with E-state index in [1.165, 1.54) is 11.1 Å². The third-order valence-electron chi connectivity index (χ3n) is 7.76. The predicted molar refractivity (Wildman–Crippen MR) is 148 cm³/mol. The van der Waals surface area contributed by atoms with E-state index >= 15 is 0 Å². The number of carbonyl (C=O) groups is 2. The van der Waals surface area contributed by atoms with Crippen molar-refractivity contribution in [2.45, 2.75) is 50.6 Å². The van der Waals surface area contributed by atoms with Crippen LogP contribution >= 0.6 is 0 Å². The van der Waals surface area contributed by atoms with Gasteiger partial charge in [-0.3, -0.25) is 9.78 Å². The second-order valence-corrected chi connectivity index (χ2v) is 10.7. The van der Waals surface area contributed by atoms with Crippen molar-refractivity contribution in [3.8, 4) is 11.1 Å². The summed E-state index contributed by atoms with van der Waals surface area (Å²) in [4.78, 5) is 31.0. The topological polar surface area (TPSA) is 92.3 Å². The van der Waals surface area contributed by atoms with Crippen molar-refractivity contribution in [1.29, 1.82) is 0 Å². The molecule has 0 unspecified atom stereocenters. The summed E-state index contributed by atoms with van der Waals surface area (Å²) in [5.74, 6) is -0.328. The van der Waals surface area contributed by atoms with Crippen molar-refractivity contribution in [2.75, 3.05) is 19.7 Å². The molecule has 3 aromatic rings. The Kier molecular flexibility index (Phi) is 7.74. The lowest BCUT2D eigenvalue weighted by Crippen LogP contribution is -2.61. The monoisotopic (exact) mass is 512 g/mol. The first-order valence-corrected chi connectivity index (χ1v) is 13.5. The maximum Gasteiger partial charge on any atom is 0.407 e. The first-order valence-electron chi connectivity index (χ1n) is 13.5. The molecule has 198 valence electrons. The fourth-order valence-corrected chi connectivity index (χ4v) is 5.74. The van der Waals surface area contributed by atoms with E-state index < -0.39 is 17.7 Å². The molecule has 1 saturated heterocycles. The first-order chi connectivity index (χ1) is 18.5. The van der Waals surface area contributed by atoms with Crippen molar-refractivity contribution in [3.63, 3.8) is 0 Å². The van der Waals surface area contributed by atoms with E-state index in [4.69, 9.17) is 4.74 Å². The fraction of sp³-hybridized carbons (Fsp3) is 0.387. The van der Waals surface area contributed by atoms with Crippen LogP contribution in [0.5, 0.6) is 0 Å². The zero-order valence-corrected chi connectivity index (χ0v) is 22.1. The van der Waals surface area contributed by atoms with E-state index in [1.54, 1.807) is 6.20 Å². The molecule has 0 saturated carbocycles. The van der Waals surface area contributed by atoms with Gasteiger partial charge < -0.3 is 20.7 Å². The average Bonchev–Trinajstić information content (AvgIpc) is 3.25. The van der Waals surface area contributed by atoms with Crippen LogP contribution in [-0.2, 0) is 16.0 Å². The van der Waals surface area contributed by atoms with Crippen molar-refractivity contribution in [3.05, 3.63) is 89.7 Å². The molecule has 2 aliphatic rings. The lowest BCUT2D eigenvalue weighted by Gasteiger charge is -2.39. The molecule has 1 aliphatic carbocycles. The van der Waals surface area contributed by atoms with E-state index in [-0.39, 0.29) is 24.3 Å². The summed E-state index contributed by atoms with van der Waals surface area (Å²) in [5, 5.41) is 9.53. The number of amides is 2. The Morgan fingerprint density at radius 1 is 0.974 bits per heavy atom. The lowest BCUT2D eigenvalue weighted by atomic mass is 9.83. The molecule has 0 spiro atoms. The third-order valence-corrected chi connectivity index (χ3v) is 7.76. The first kappa shape index (κ1) is 25.9. The highest BCUT2D eigenvalue weighted by Crippen LogP contribution is 2.44. The number of nitrogens with one attached hydrogen (secondary N) is 3. The Morgan fingerprint density at radius 3 is 2.21 bits per heavy atom. The average molecular weight is 513 g/mol. The molecular weight excluding hydrogens is 476 g/mol. The number of benzene rings is 2. The Labute approximate surface area is 224 Å². The maximum absolute atomic E-state index is 13.5. The summed E-state index contributed by atoms with van der Waals surface area (Å²) in [6.45, 7) is 5.71. The molecule has 5 rings (SSSR count). The standard InChI is InChI=1S/C31H36N4O3/c1-21(2)28(29(36)35-31(14-17-32-18-15-31)19-22-9-7-8-16-33-22)34-30(37)38-20-27-25-12-5-3-10-23(25)24-11-4-6-13-26(24)27/h3-13,16,21,27-28,32H,14-15,17-20H2,1-2H3,(H,34,37)(H,35,36)/t28-/m1/s1. The number of piperidine rings is 1. The minimum Gasteiger partial charge on any atom is -0.449 e. The number of fused-ring (bicyclic) bond motifs is 3. The minimum atomic E-state index is -0.707. The largest absolute Gasteiger partial charge is 0.449 e. The summed E-state index contributed by atoms with van der Waals surface area (Å²) in [6.07, 6.45) is 3.44. The molecule has 1 aromatic heterocycles. The molecule has 1 atom stereocenters. The van der Waals surface area contributed by atoms with Crippen LogP contribution in [0.25, 0.3) is 11.1 Å². The number of hydrogen-bond acceptors (Lipinski definition) is 5. The van der Waals surface area contributed by atoms with Gasteiger partial charge >= 0.3 is 6.09 Å². The number of carbonyl (C=O) groups excluding carboxylic acids is 2. The number of nitrogens with zero attached hydrogens (tertiary/aromatic N) is 1. The van der Waals surface area contributed by atoms with Gasteiger partial charge in [0.15, 0.2) is 0 Å². The van der Waals surface area contributed by atoms with Gasteiger partial charge in [0.05, 0.1) is 0 Å². The van der Waals surface area contributed by atoms with Crippen molar-refractivity contribution in [1.82, 2.24) is 20.9 Å². The number of rotatable bonds is 8. The highest BCUT2D eigenvalue weighted by molar-refractivity contribution is 5.86. The molecule has 7 nitrogen and oxygen atoms in total. The van der Waals surface area contributed by atoms with Gasteiger partial charge in [0.25, 0.3) is 0 Å². The van der Waals surface area contributed by atoms with Gasteiger partial charge in [0, 0.05) is 29.8 Å². The van der Waals surface area contributed by atoms with E-state index in [0.29, 0.717) is 6.42 Å². The molecular formula is C31H36N4O3. The van der Waals surface area contributed by atoms with Gasteiger partial charge in [-0.2, -0.15) is 0 Å². The number of aromatic nitrogens is 1. The van der Waals surface area contributed by atoms with Gasteiger partial charge in [-0.1, -0.05) is 68.4 Å². The molecule has 0 bridgehead atoms. The fourth-order valence-electron chi connectivity index (χ4n) is 5.74. The molecule has 1 aliphatic heterocycles. The van der Waals surface area contributed by atoms with Crippen molar-refractivity contribution in [2.24, 2.45) is 5.92 Å². The van der Waals surface area contributed by atoms with Crippen molar-refractivity contribution >= 4 is 12.0 Å². The zero-order chi connectivity index (χ0) is 26.5. The van der Waals surface area contributed by atoms with Gasteiger partial charge in [0.2, 0.25) is 5.91 Å². The summed E-state index contributed by atoms with van der Waals surface area (Å²) in [5.41, 5.74) is 5.20. The van der Waals surface area contributed by atoms with E-state index in [0.717, 1.165) is 42.8 Å². The number of hydrogen-bond donors (Lipinski definition) is 3. The molecule has 1 fully saturated rings. The summed E-state index contributed by atoms with van der Waals surface area (Å²) in [7, 11) is 0. The number of pyridine rings is 1. The molecule has 0 radical (unpaired) electrons. The van der Waals surface area contributed by atoms with Crippen LogP contribution in [-0.4, -0.2) is 48.3 Å². The predicted octanol–water partition coefficient (Wildman–Crippen LogP) is 4.43. The summed E-state index contributed by atoms with van der Waals surface area (Å²) >= 11 is 0. The quantitative estimate of drug-likeness (QED) is 0.415. The molecule has 3 N–H and O–H groups in total. The number of alkyl carbamates (subject to hydrolysis) is 1. The second-order valence-electron chi connectivity index (χ2n) is 10.7. The Balaban J connectivity index is 1.25. The zero-order valence-electron chi connectivity index (χ0n) is 22.1. The maximum atomic E-state index is 13.5. The SMILES string of the molecule is CC(C)[C@@H](NC(=O)OCC1c2ccccc2-c2ccccc21)C(=O)NC1(Cc2ccccn2)CCNCC1. The Hall–Kier alpha value is -3.71. The second kappa shape index (κ2) is 11.4. The lowest BCUT2D eigenvalue weighted by molar-refractivity contribution is -0.126. The van der Waals surface area contributed by atoms with Gasteiger partial charge in [-0.25, -0.2) is 4.79 Å². The van der Waals surface area contributed by atoms with Crippen LogP contribution in [0.15, 0.2) is 72.9 Å². The van der Waals surface area contributed by atoms with Gasteiger partial charge in [-0.15, -0.1) is 0 Å². The van der Waals surface area contributed by atoms with Crippen LogP contribution in [0.1, 0.15) is 49.4 Å². The minimum absolute atomic E-state index is 0.0316. The molecule has 2 aromatic carbocycles. The van der Waals surface area contributed by atoms with E-state index in [1.807, 2.05) is 56.3 Å². The van der Waals surface area contributed by atoms with Crippen LogP contribution < -0.4 is 16.0 Å². The third kappa shape index (κ3) is 5.58. The van der Waals surface area contributed by atoms with Crippen LogP contribution in [0, 0.1) is 5.92 Å². The molecule has 2 heterocycles. The molecule has 7 heteroatoms. The summed E-state index contributed by atoms with van der Waals surface area (Å²) in [6, 6.07) is 21.6. The van der Waals surface area contributed by atoms with E-state index in [9.17, 15) is 9.59 Å². The molecule has 2 amide bonds. The van der Waals surface area contributed by atoms with Gasteiger partial charge in [-0.05, 0) is 66.2 Å². The Bertz CT molecular complexity index is 1230. The van der Waals surface area contributed by atoms with Crippen LogP contribution in [0.3, 0.4) is 0 Å². The molecule has 38 heavy (non-hydrogen) atoms. The highest BCUT2D eigenvalue weighted by Gasteiger charge is 2.37.